The Balaban J connectivity index is 0.00000162. The summed E-state index contributed by atoms with van der Waals surface area (Å²) in [4.78, 5) is 11.7. The van der Waals surface area contributed by atoms with Crippen LogP contribution in [0.2, 0.25) is 0 Å². The highest BCUT2D eigenvalue weighted by Gasteiger charge is 2.21. The number of amides is 1. The highest BCUT2D eigenvalue weighted by molar-refractivity contribution is 5.94. The first-order chi connectivity index (χ1) is 8.16. The first-order valence-corrected chi connectivity index (χ1v) is 5.25. The number of morpholine rings is 1. The molecule has 0 bridgehead atoms. The zero-order chi connectivity index (χ0) is 12.3. The molecule has 1 fully saturated rings. The van der Waals surface area contributed by atoms with Gasteiger partial charge >= 0.3 is 0 Å². The van der Waals surface area contributed by atoms with Crippen LogP contribution in [0.1, 0.15) is 0 Å². The van der Waals surface area contributed by atoms with Crippen LogP contribution in [0.5, 0.6) is 0 Å². The highest BCUT2D eigenvalue weighted by Crippen LogP contribution is 2.13. The van der Waals surface area contributed by atoms with E-state index in [-0.39, 0.29) is 24.0 Å². The fourth-order valence-electron chi connectivity index (χ4n) is 1.53. The van der Waals surface area contributed by atoms with Crippen molar-refractivity contribution >= 4 is 24.0 Å². The molecule has 1 unspecified atom stereocenters. The Hall–Kier alpha value is -1.24. The first-order valence-electron chi connectivity index (χ1n) is 5.25. The molecule has 1 amide bonds. The molecule has 2 rings (SSSR count). The lowest BCUT2D eigenvalue weighted by molar-refractivity contribution is -0.128. The third-order valence-corrected chi connectivity index (χ3v) is 2.41. The number of anilines is 1. The van der Waals surface area contributed by atoms with Crippen molar-refractivity contribution in [1.29, 1.82) is 0 Å². The summed E-state index contributed by atoms with van der Waals surface area (Å²) in [6.07, 6.45) is -0.600. The molecule has 1 aromatic carbocycles. The van der Waals surface area contributed by atoms with Gasteiger partial charge in [-0.1, -0.05) is 0 Å². The summed E-state index contributed by atoms with van der Waals surface area (Å²) in [5.41, 5.74) is 0.211. The Morgan fingerprint density at radius 1 is 1.39 bits per heavy atom. The molecule has 0 spiro atoms. The molecule has 1 saturated heterocycles. The van der Waals surface area contributed by atoms with Gasteiger partial charge in [0, 0.05) is 24.8 Å². The number of hydrogen-bond acceptors (Lipinski definition) is 3. The largest absolute Gasteiger partial charge is 0.366 e. The van der Waals surface area contributed by atoms with E-state index in [1.54, 1.807) is 0 Å². The van der Waals surface area contributed by atoms with Crippen molar-refractivity contribution in [3.63, 3.8) is 0 Å². The van der Waals surface area contributed by atoms with E-state index in [0.717, 1.165) is 12.1 Å². The fraction of sp³-hybridized carbons (Fsp3) is 0.364. The number of benzene rings is 1. The predicted octanol–water partition coefficient (Wildman–Crippen LogP) is 1.31. The monoisotopic (exact) mass is 278 g/mol. The van der Waals surface area contributed by atoms with Crippen molar-refractivity contribution in [1.82, 2.24) is 5.32 Å². The van der Waals surface area contributed by atoms with Crippen LogP contribution < -0.4 is 10.6 Å². The Morgan fingerprint density at radius 3 is 2.78 bits per heavy atom. The topological polar surface area (TPSA) is 50.4 Å². The van der Waals surface area contributed by atoms with Gasteiger partial charge in [-0.2, -0.15) is 0 Å². The van der Waals surface area contributed by atoms with Crippen LogP contribution in [0.15, 0.2) is 18.2 Å². The van der Waals surface area contributed by atoms with Gasteiger partial charge in [-0.15, -0.1) is 12.4 Å². The number of ether oxygens (including phenoxy) is 1. The SMILES string of the molecule is Cl.O=C(Nc1ccc(F)c(F)c1)C1CNCCO1. The van der Waals surface area contributed by atoms with E-state index in [2.05, 4.69) is 10.6 Å². The molecule has 7 heteroatoms. The average molecular weight is 279 g/mol. The van der Waals surface area contributed by atoms with Gasteiger partial charge in [-0.3, -0.25) is 4.79 Å². The lowest BCUT2D eigenvalue weighted by Gasteiger charge is -2.22. The maximum atomic E-state index is 12.9. The maximum absolute atomic E-state index is 12.9. The molecule has 0 aromatic heterocycles. The first kappa shape index (κ1) is 14.8. The molecule has 1 aromatic rings. The van der Waals surface area contributed by atoms with Gasteiger partial charge in [0.2, 0.25) is 0 Å². The molecule has 1 atom stereocenters. The zero-order valence-corrected chi connectivity index (χ0v) is 10.2. The summed E-state index contributed by atoms with van der Waals surface area (Å²) < 4.78 is 30.8. The van der Waals surface area contributed by atoms with E-state index < -0.39 is 17.7 Å². The lowest BCUT2D eigenvalue weighted by Crippen LogP contribution is -2.45. The number of carbonyl (C=O) groups is 1. The molecule has 4 nitrogen and oxygen atoms in total. The van der Waals surface area contributed by atoms with Crippen LogP contribution in [0.3, 0.4) is 0 Å². The normalized spacial score (nSPS) is 18.9. The molecular weight excluding hydrogens is 266 g/mol. The molecule has 1 aliphatic rings. The van der Waals surface area contributed by atoms with Crippen LogP contribution in [-0.4, -0.2) is 31.7 Å². The van der Waals surface area contributed by atoms with E-state index in [1.807, 2.05) is 0 Å². The quantitative estimate of drug-likeness (QED) is 0.858. The molecule has 1 aliphatic heterocycles. The highest BCUT2D eigenvalue weighted by atomic mass is 35.5. The van der Waals surface area contributed by atoms with Crippen LogP contribution in [0, 0.1) is 11.6 Å². The maximum Gasteiger partial charge on any atom is 0.254 e. The molecular formula is C11H13ClF2N2O2. The molecule has 0 saturated carbocycles. The number of rotatable bonds is 2. The van der Waals surface area contributed by atoms with Crippen molar-refractivity contribution < 1.29 is 18.3 Å². The van der Waals surface area contributed by atoms with Gasteiger partial charge < -0.3 is 15.4 Å². The predicted molar refractivity (Wildman–Crippen MR) is 64.8 cm³/mol. The summed E-state index contributed by atoms with van der Waals surface area (Å²) in [6.45, 7) is 1.57. The second kappa shape index (κ2) is 6.63. The number of nitrogens with one attached hydrogen (secondary N) is 2. The molecule has 100 valence electrons. The zero-order valence-electron chi connectivity index (χ0n) is 9.41. The summed E-state index contributed by atoms with van der Waals surface area (Å²) in [7, 11) is 0. The van der Waals surface area contributed by atoms with Crippen molar-refractivity contribution in [2.24, 2.45) is 0 Å². The van der Waals surface area contributed by atoms with E-state index in [4.69, 9.17) is 4.74 Å². The van der Waals surface area contributed by atoms with E-state index >= 15 is 0 Å². The minimum Gasteiger partial charge on any atom is -0.366 e. The summed E-state index contributed by atoms with van der Waals surface area (Å²) in [5.74, 6) is -2.31. The Bertz CT molecular complexity index is 426. The Kier molecular flexibility index (Phi) is 5.46. The molecule has 1 heterocycles. The third-order valence-electron chi connectivity index (χ3n) is 2.41. The smallest absolute Gasteiger partial charge is 0.254 e. The summed E-state index contributed by atoms with van der Waals surface area (Å²) in [6, 6.07) is 3.20. The van der Waals surface area contributed by atoms with E-state index in [0.29, 0.717) is 19.7 Å². The van der Waals surface area contributed by atoms with Crippen molar-refractivity contribution in [2.45, 2.75) is 6.10 Å². The van der Waals surface area contributed by atoms with Gasteiger partial charge in [0.05, 0.1) is 6.61 Å². The van der Waals surface area contributed by atoms with Gasteiger partial charge in [-0.05, 0) is 12.1 Å². The number of carbonyl (C=O) groups excluding carboxylic acids is 1. The minimum absolute atomic E-state index is 0. The molecule has 2 N–H and O–H groups in total. The van der Waals surface area contributed by atoms with Crippen LogP contribution in [0.25, 0.3) is 0 Å². The fourth-order valence-corrected chi connectivity index (χ4v) is 1.53. The van der Waals surface area contributed by atoms with Crippen LogP contribution in [-0.2, 0) is 9.53 Å². The van der Waals surface area contributed by atoms with Gasteiger partial charge in [0.25, 0.3) is 5.91 Å². The number of hydrogen-bond donors (Lipinski definition) is 2. The van der Waals surface area contributed by atoms with Crippen LogP contribution in [0.4, 0.5) is 14.5 Å². The third kappa shape index (κ3) is 3.63. The average Bonchev–Trinajstić information content (AvgIpc) is 2.35. The van der Waals surface area contributed by atoms with Crippen molar-refractivity contribution in [3.8, 4) is 0 Å². The Morgan fingerprint density at radius 2 is 2.17 bits per heavy atom. The summed E-state index contributed by atoms with van der Waals surface area (Å²) >= 11 is 0. The molecule has 0 radical (unpaired) electrons. The lowest BCUT2D eigenvalue weighted by atomic mass is 10.2. The van der Waals surface area contributed by atoms with Crippen LogP contribution >= 0.6 is 12.4 Å². The van der Waals surface area contributed by atoms with Gasteiger partial charge in [0.15, 0.2) is 11.6 Å². The van der Waals surface area contributed by atoms with Gasteiger partial charge in [0.1, 0.15) is 6.10 Å². The molecule has 18 heavy (non-hydrogen) atoms. The summed E-state index contributed by atoms with van der Waals surface area (Å²) in [5, 5.41) is 5.47. The van der Waals surface area contributed by atoms with Crippen molar-refractivity contribution in [3.05, 3.63) is 29.8 Å². The second-order valence-electron chi connectivity index (χ2n) is 3.68. The van der Waals surface area contributed by atoms with Gasteiger partial charge in [-0.25, -0.2) is 8.78 Å². The Labute approximate surface area is 109 Å². The second-order valence-corrected chi connectivity index (χ2v) is 3.68. The minimum atomic E-state index is -0.995. The number of halogens is 3. The van der Waals surface area contributed by atoms with E-state index in [1.165, 1.54) is 6.07 Å². The van der Waals surface area contributed by atoms with E-state index in [9.17, 15) is 13.6 Å². The molecule has 0 aliphatic carbocycles. The standard InChI is InChI=1S/C11H12F2N2O2.ClH/c12-8-2-1-7(5-9(8)13)15-11(16)10-6-14-3-4-17-10;/h1-2,5,10,14H,3-4,6H2,(H,15,16);1H. The van der Waals surface area contributed by atoms with Crippen molar-refractivity contribution in [2.75, 3.05) is 25.0 Å².